The van der Waals surface area contributed by atoms with Crippen LogP contribution in [0.2, 0.25) is 5.02 Å². The number of ether oxygens (including phenoxy) is 7. The molecule has 2 saturated heterocycles. The van der Waals surface area contributed by atoms with Crippen LogP contribution in [0.3, 0.4) is 0 Å². The topological polar surface area (TPSA) is 81.7 Å². The zero-order valence-corrected chi connectivity index (χ0v) is 28.4. The number of esters is 1. The fourth-order valence-corrected chi connectivity index (χ4v) is 6.12. The van der Waals surface area contributed by atoms with Crippen molar-refractivity contribution in [2.75, 3.05) is 39.6 Å². The van der Waals surface area contributed by atoms with Crippen LogP contribution in [0.25, 0.3) is 0 Å². The number of hydrogen-bond acceptors (Lipinski definition) is 8. The maximum absolute atomic E-state index is 13.8. The van der Waals surface area contributed by atoms with Gasteiger partial charge in [-0.05, 0) is 74.9 Å². The smallest absolute Gasteiger partial charge is 0.343 e. The van der Waals surface area contributed by atoms with Gasteiger partial charge in [0, 0.05) is 30.4 Å². The molecule has 9 heteroatoms. The minimum Gasteiger partial charge on any atom is -0.494 e. The number of fused-ring (bicyclic) bond motifs is 2. The lowest BCUT2D eigenvalue weighted by atomic mass is 9.82. The Labute approximate surface area is 273 Å². The molecule has 2 aromatic carbocycles. The highest BCUT2D eigenvalue weighted by atomic mass is 35.5. The van der Waals surface area contributed by atoms with E-state index in [1.807, 2.05) is 49.4 Å². The van der Waals surface area contributed by atoms with Crippen molar-refractivity contribution in [2.45, 2.75) is 109 Å². The molecule has 0 saturated carbocycles. The number of hydrogen-bond donors (Lipinski definition) is 0. The van der Waals surface area contributed by atoms with Crippen molar-refractivity contribution in [2.24, 2.45) is 0 Å². The van der Waals surface area contributed by atoms with Gasteiger partial charge in [-0.3, -0.25) is 0 Å². The Kier molecular flexibility index (Phi) is 13.5. The van der Waals surface area contributed by atoms with Gasteiger partial charge in [-0.25, -0.2) is 4.79 Å². The van der Waals surface area contributed by atoms with Crippen LogP contribution in [0.4, 0.5) is 0 Å². The first-order valence-corrected chi connectivity index (χ1v) is 17.1. The summed E-state index contributed by atoms with van der Waals surface area (Å²) in [5.41, 5.74) is 1.15. The first kappa shape index (κ1) is 35.7. The molecule has 0 spiro atoms. The molecule has 45 heavy (non-hydrogen) atoms. The predicted octanol–water partition coefficient (Wildman–Crippen LogP) is 7.40. The molecular weight excluding hydrogens is 596 g/mol. The zero-order valence-electron chi connectivity index (χ0n) is 27.6. The molecule has 8 nitrogen and oxygen atoms in total. The van der Waals surface area contributed by atoms with E-state index in [-0.39, 0.29) is 13.2 Å². The Balaban J connectivity index is 1.79. The molecule has 2 bridgehead atoms. The zero-order chi connectivity index (χ0) is 32.3. The van der Waals surface area contributed by atoms with Crippen LogP contribution < -0.4 is 4.74 Å². The van der Waals surface area contributed by atoms with E-state index in [1.54, 1.807) is 6.92 Å². The Bertz CT molecular complexity index is 1210. The number of carbonyl (C=O) groups is 1. The molecule has 5 atom stereocenters. The van der Waals surface area contributed by atoms with Crippen molar-refractivity contribution >= 4 is 17.6 Å². The number of carbonyl (C=O) groups excluding carboxylic acids is 1. The van der Waals surface area contributed by atoms with Crippen molar-refractivity contribution in [3.8, 4) is 5.75 Å². The minimum atomic E-state index is -1.53. The van der Waals surface area contributed by atoms with Gasteiger partial charge >= 0.3 is 5.97 Å². The summed E-state index contributed by atoms with van der Waals surface area (Å²) in [7, 11) is 0. The monoisotopic (exact) mass is 646 g/mol. The third-order valence-electron chi connectivity index (χ3n) is 8.36. The molecule has 0 unspecified atom stereocenters. The second-order valence-corrected chi connectivity index (χ2v) is 12.1. The summed E-state index contributed by atoms with van der Waals surface area (Å²) in [4.78, 5) is 13.8. The summed E-state index contributed by atoms with van der Waals surface area (Å²) in [6, 6.07) is 13.7. The maximum Gasteiger partial charge on any atom is 0.343 e. The summed E-state index contributed by atoms with van der Waals surface area (Å²) >= 11 is 6.77. The van der Waals surface area contributed by atoms with Gasteiger partial charge in [-0.15, -0.1) is 0 Å². The first-order chi connectivity index (χ1) is 21.9. The van der Waals surface area contributed by atoms with Crippen LogP contribution in [0.1, 0.15) is 89.8 Å². The second-order valence-electron chi connectivity index (χ2n) is 11.7. The molecule has 0 radical (unpaired) electrons. The molecule has 0 aliphatic carbocycles. The highest BCUT2D eigenvalue weighted by Crippen LogP contribution is 2.53. The molecule has 0 aromatic heterocycles. The molecular formula is C36H51ClO8. The normalized spacial score (nSPS) is 25.8. The van der Waals surface area contributed by atoms with Gasteiger partial charge in [0.15, 0.2) is 0 Å². The number of benzene rings is 2. The fraction of sp³-hybridized carbons (Fsp3) is 0.639. The maximum atomic E-state index is 13.8. The summed E-state index contributed by atoms with van der Waals surface area (Å²) < 4.78 is 44.5. The third kappa shape index (κ3) is 8.03. The average molecular weight is 647 g/mol. The van der Waals surface area contributed by atoms with Crippen LogP contribution in [0.5, 0.6) is 5.75 Å². The second kappa shape index (κ2) is 17.1. The van der Waals surface area contributed by atoms with Crippen LogP contribution in [-0.2, 0) is 45.4 Å². The van der Waals surface area contributed by atoms with Crippen LogP contribution >= 0.6 is 11.6 Å². The predicted molar refractivity (Wildman–Crippen MR) is 174 cm³/mol. The van der Waals surface area contributed by atoms with Crippen LogP contribution in [0.15, 0.2) is 42.5 Å². The van der Waals surface area contributed by atoms with Crippen LogP contribution in [0, 0.1) is 0 Å². The van der Waals surface area contributed by atoms with Crippen LogP contribution in [-0.4, -0.2) is 69.5 Å². The van der Waals surface area contributed by atoms with Gasteiger partial charge in [0.2, 0.25) is 11.4 Å². The Morgan fingerprint density at radius 3 is 2.11 bits per heavy atom. The highest BCUT2D eigenvalue weighted by molar-refractivity contribution is 6.31. The van der Waals surface area contributed by atoms with Crippen molar-refractivity contribution in [1.82, 2.24) is 0 Å². The summed E-state index contributed by atoms with van der Waals surface area (Å²) in [5.74, 6) is -1.14. The molecule has 250 valence electrons. The molecule has 0 amide bonds. The molecule has 0 N–H and O–H groups in total. The molecule has 2 aromatic rings. The first-order valence-electron chi connectivity index (χ1n) is 16.8. The van der Waals surface area contributed by atoms with Crippen molar-refractivity contribution < 1.29 is 38.0 Å². The van der Waals surface area contributed by atoms with E-state index in [1.165, 1.54) is 0 Å². The largest absolute Gasteiger partial charge is 0.494 e. The Morgan fingerprint density at radius 1 is 0.844 bits per heavy atom. The van der Waals surface area contributed by atoms with Gasteiger partial charge in [0.1, 0.15) is 24.1 Å². The SMILES string of the molecule is CCCCO[C@@H]1[C@@H](OCCCC)[C@@]2(c3ccc(Cl)c(Cc4ccc(OCC)cc4)c3)OC[C@](C(=O)OCC)(O2)[C@H]1OCCCC. The van der Waals surface area contributed by atoms with Gasteiger partial charge in [-0.1, -0.05) is 69.8 Å². The lowest BCUT2D eigenvalue weighted by Gasteiger charge is -2.50. The average Bonchev–Trinajstić information content (AvgIpc) is 3.41. The third-order valence-corrected chi connectivity index (χ3v) is 8.73. The van der Waals surface area contributed by atoms with Gasteiger partial charge in [0.25, 0.3) is 0 Å². The molecule has 2 fully saturated rings. The van der Waals surface area contributed by atoms with E-state index in [4.69, 9.17) is 44.8 Å². The molecule has 2 heterocycles. The number of rotatable bonds is 19. The van der Waals surface area contributed by atoms with E-state index in [0.29, 0.717) is 43.4 Å². The van der Waals surface area contributed by atoms with Crippen molar-refractivity contribution in [3.63, 3.8) is 0 Å². The van der Waals surface area contributed by atoms with E-state index >= 15 is 0 Å². The Morgan fingerprint density at radius 2 is 1.49 bits per heavy atom. The quantitative estimate of drug-likeness (QED) is 0.115. The lowest BCUT2D eigenvalue weighted by Crippen LogP contribution is -2.69. The number of unbranched alkanes of at least 4 members (excludes halogenated alkanes) is 3. The molecule has 2 aliphatic heterocycles. The van der Waals surface area contributed by atoms with Gasteiger partial charge < -0.3 is 33.2 Å². The van der Waals surface area contributed by atoms with Gasteiger partial charge in [0.05, 0.1) is 19.8 Å². The summed E-state index contributed by atoms with van der Waals surface area (Å²) in [6.07, 6.45) is 3.85. The summed E-state index contributed by atoms with van der Waals surface area (Å²) in [6.45, 7) is 12.2. The molecule has 2 aliphatic rings. The van der Waals surface area contributed by atoms with Crippen molar-refractivity contribution in [1.29, 1.82) is 0 Å². The van der Waals surface area contributed by atoms with E-state index in [0.717, 1.165) is 55.4 Å². The van der Waals surface area contributed by atoms with E-state index in [9.17, 15) is 4.79 Å². The summed E-state index contributed by atoms with van der Waals surface area (Å²) in [5, 5.41) is 0.620. The van der Waals surface area contributed by atoms with E-state index in [2.05, 4.69) is 20.8 Å². The highest BCUT2D eigenvalue weighted by Gasteiger charge is 2.73. The van der Waals surface area contributed by atoms with E-state index < -0.39 is 35.7 Å². The standard InChI is InChI=1S/C36H51ClO8/c1-6-11-20-41-31-32(42-21-12-7-2)35(34(38)40-10-5)25-44-36(45-35,33(31)43-22-13-8-3)28-16-19-30(37)27(24-28)23-26-14-17-29(18-15-26)39-9-4/h14-19,24,31-33H,6-13,20-23,25H2,1-5H3/t31-,32-,33+,35-,36-/m0/s1. The Hall–Kier alpha value is -2.20. The molecule has 4 rings (SSSR count). The van der Waals surface area contributed by atoms with Crippen molar-refractivity contribution in [3.05, 3.63) is 64.2 Å². The number of halogens is 1. The fourth-order valence-electron chi connectivity index (χ4n) is 5.94. The van der Waals surface area contributed by atoms with Gasteiger partial charge in [-0.2, -0.15) is 0 Å². The minimum absolute atomic E-state index is 0.0548. The lowest BCUT2D eigenvalue weighted by molar-refractivity contribution is -0.342.